The van der Waals surface area contributed by atoms with Crippen LogP contribution in [0.2, 0.25) is 5.02 Å². The predicted octanol–water partition coefficient (Wildman–Crippen LogP) is 2.98. The number of nitrogens with zero attached hydrogens (tertiary/aromatic N) is 3. The fraction of sp³-hybridized carbons (Fsp3) is 0.450. The SMILES string of the molecule is CN=C(NCC(c1ccco1)N(C)C)NC1CCN(c2cccc(Cl)c2)C1. The third kappa shape index (κ3) is 5.17. The van der Waals surface area contributed by atoms with Crippen LogP contribution >= 0.6 is 11.6 Å². The van der Waals surface area contributed by atoms with E-state index in [1.165, 1.54) is 5.69 Å². The van der Waals surface area contributed by atoms with Gasteiger partial charge >= 0.3 is 0 Å². The van der Waals surface area contributed by atoms with Gasteiger partial charge in [-0.3, -0.25) is 9.89 Å². The average molecular weight is 390 g/mol. The molecule has 2 unspecified atom stereocenters. The van der Waals surface area contributed by atoms with E-state index in [0.717, 1.165) is 36.3 Å². The van der Waals surface area contributed by atoms with Crippen LogP contribution < -0.4 is 15.5 Å². The normalized spacial score (nSPS) is 18.8. The highest BCUT2D eigenvalue weighted by molar-refractivity contribution is 6.30. The summed E-state index contributed by atoms with van der Waals surface area (Å²) in [4.78, 5) is 8.87. The van der Waals surface area contributed by atoms with Crippen LogP contribution in [0, 0.1) is 0 Å². The molecule has 146 valence electrons. The molecule has 1 aromatic carbocycles. The Morgan fingerprint density at radius 1 is 1.37 bits per heavy atom. The summed E-state index contributed by atoms with van der Waals surface area (Å²) < 4.78 is 5.57. The first-order chi connectivity index (χ1) is 13.1. The van der Waals surface area contributed by atoms with Crippen LogP contribution in [0.25, 0.3) is 0 Å². The highest BCUT2D eigenvalue weighted by atomic mass is 35.5. The van der Waals surface area contributed by atoms with Crippen molar-refractivity contribution in [2.24, 2.45) is 4.99 Å². The van der Waals surface area contributed by atoms with Crippen molar-refractivity contribution in [1.29, 1.82) is 0 Å². The minimum absolute atomic E-state index is 0.144. The number of hydrogen-bond donors (Lipinski definition) is 2. The molecular weight excluding hydrogens is 362 g/mol. The lowest BCUT2D eigenvalue weighted by Crippen LogP contribution is -2.46. The Morgan fingerprint density at radius 3 is 2.89 bits per heavy atom. The lowest BCUT2D eigenvalue weighted by molar-refractivity contribution is 0.258. The molecule has 0 amide bonds. The third-order valence-electron chi connectivity index (χ3n) is 4.88. The Morgan fingerprint density at radius 2 is 2.22 bits per heavy atom. The Bertz CT molecular complexity index is 747. The maximum absolute atomic E-state index is 6.12. The van der Waals surface area contributed by atoms with Gasteiger partial charge in [-0.05, 0) is 50.8 Å². The molecule has 1 saturated heterocycles. The summed E-state index contributed by atoms with van der Waals surface area (Å²) in [6, 6.07) is 12.4. The van der Waals surface area contributed by atoms with Crippen molar-refractivity contribution in [2.75, 3.05) is 45.7 Å². The Hall–Kier alpha value is -2.18. The van der Waals surface area contributed by atoms with E-state index in [1.54, 1.807) is 13.3 Å². The van der Waals surface area contributed by atoms with Gasteiger partial charge in [-0.2, -0.15) is 0 Å². The molecule has 0 bridgehead atoms. The standard InChI is InChI=1S/C20H28ClN5O/c1-22-20(23-13-18(25(2)3)19-8-5-11-27-19)24-16-9-10-26(14-16)17-7-4-6-15(21)12-17/h4-8,11-12,16,18H,9-10,13-14H2,1-3H3,(H2,22,23,24). The second-order valence-electron chi connectivity index (χ2n) is 7.00. The van der Waals surface area contributed by atoms with Crippen LogP contribution in [0.15, 0.2) is 52.1 Å². The van der Waals surface area contributed by atoms with E-state index >= 15 is 0 Å². The Labute approximate surface area is 166 Å². The van der Waals surface area contributed by atoms with Gasteiger partial charge in [0.25, 0.3) is 0 Å². The van der Waals surface area contributed by atoms with Crippen molar-refractivity contribution in [3.8, 4) is 0 Å². The van der Waals surface area contributed by atoms with E-state index < -0.39 is 0 Å². The van der Waals surface area contributed by atoms with Crippen LogP contribution in [0.4, 0.5) is 5.69 Å². The summed E-state index contributed by atoms with van der Waals surface area (Å²) in [6.07, 6.45) is 2.77. The zero-order chi connectivity index (χ0) is 19.2. The van der Waals surface area contributed by atoms with E-state index in [-0.39, 0.29) is 6.04 Å². The average Bonchev–Trinajstić information content (AvgIpc) is 3.32. The largest absolute Gasteiger partial charge is 0.468 e. The first kappa shape index (κ1) is 19.6. The molecular formula is C20H28ClN5O. The molecule has 7 heteroatoms. The van der Waals surface area contributed by atoms with Crippen molar-refractivity contribution in [3.63, 3.8) is 0 Å². The molecule has 2 heterocycles. The topological polar surface area (TPSA) is 56.0 Å². The van der Waals surface area contributed by atoms with Gasteiger partial charge in [0.2, 0.25) is 0 Å². The highest BCUT2D eigenvalue weighted by Crippen LogP contribution is 2.23. The maximum Gasteiger partial charge on any atom is 0.191 e. The molecule has 0 radical (unpaired) electrons. The van der Waals surface area contributed by atoms with Gasteiger partial charge in [0.15, 0.2) is 5.96 Å². The number of likely N-dealkylation sites (N-methyl/N-ethyl adjacent to an activating group) is 1. The summed E-state index contributed by atoms with van der Waals surface area (Å²) in [6.45, 7) is 2.64. The van der Waals surface area contributed by atoms with Gasteiger partial charge in [0.1, 0.15) is 5.76 Å². The van der Waals surface area contributed by atoms with Crippen molar-refractivity contribution in [2.45, 2.75) is 18.5 Å². The monoisotopic (exact) mass is 389 g/mol. The van der Waals surface area contributed by atoms with Gasteiger partial charge in [-0.15, -0.1) is 0 Å². The smallest absolute Gasteiger partial charge is 0.191 e. The number of furan rings is 1. The van der Waals surface area contributed by atoms with Crippen LogP contribution in [0.1, 0.15) is 18.2 Å². The quantitative estimate of drug-likeness (QED) is 0.587. The fourth-order valence-electron chi connectivity index (χ4n) is 3.39. The van der Waals surface area contributed by atoms with Gasteiger partial charge in [0.05, 0.1) is 12.3 Å². The summed E-state index contributed by atoms with van der Waals surface area (Å²) in [5.41, 5.74) is 1.17. The van der Waals surface area contributed by atoms with Gasteiger partial charge < -0.3 is 20.0 Å². The zero-order valence-corrected chi connectivity index (χ0v) is 16.9. The Balaban J connectivity index is 1.53. The molecule has 0 saturated carbocycles. The van der Waals surface area contributed by atoms with E-state index in [0.29, 0.717) is 12.6 Å². The molecule has 2 N–H and O–H groups in total. The number of aliphatic imine (C=N–C) groups is 1. The molecule has 1 aliphatic rings. The molecule has 0 spiro atoms. The van der Waals surface area contributed by atoms with E-state index in [9.17, 15) is 0 Å². The predicted molar refractivity (Wildman–Crippen MR) is 112 cm³/mol. The molecule has 2 atom stereocenters. The summed E-state index contributed by atoms with van der Waals surface area (Å²) in [7, 11) is 5.90. The van der Waals surface area contributed by atoms with Crippen LogP contribution in [0.3, 0.4) is 0 Å². The minimum Gasteiger partial charge on any atom is -0.468 e. The summed E-state index contributed by atoms with van der Waals surface area (Å²) in [5, 5.41) is 7.73. The Kier molecular flexibility index (Phi) is 6.63. The first-order valence-electron chi connectivity index (χ1n) is 9.24. The van der Waals surface area contributed by atoms with E-state index in [2.05, 4.69) is 31.5 Å². The highest BCUT2D eigenvalue weighted by Gasteiger charge is 2.24. The first-order valence-corrected chi connectivity index (χ1v) is 9.62. The third-order valence-corrected chi connectivity index (χ3v) is 5.12. The van der Waals surface area contributed by atoms with Crippen molar-refractivity contribution < 1.29 is 4.42 Å². The number of rotatable bonds is 6. The van der Waals surface area contributed by atoms with Gasteiger partial charge in [-0.1, -0.05) is 17.7 Å². The molecule has 1 fully saturated rings. The fourth-order valence-corrected chi connectivity index (χ4v) is 3.57. The van der Waals surface area contributed by atoms with E-state index in [4.69, 9.17) is 16.0 Å². The number of halogens is 1. The molecule has 1 aromatic heterocycles. The maximum atomic E-state index is 6.12. The van der Waals surface area contributed by atoms with Crippen molar-refractivity contribution >= 4 is 23.2 Å². The number of hydrogen-bond acceptors (Lipinski definition) is 4. The summed E-state index contributed by atoms with van der Waals surface area (Å²) in [5.74, 6) is 1.75. The minimum atomic E-state index is 0.144. The molecule has 1 aliphatic heterocycles. The van der Waals surface area contributed by atoms with Gasteiger partial charge in [0, 0.05) is 43.4 Å². The molecule has 6 nitrogen and oxygen atoms in total. The second-order valence-corrected chi connectivity index (χ2v) is 7.44. The summed E-state index contributed by atoms with van der Waals surface area (Å²) >= 11 is 6.12. The van der Waals surface area contributed by atoms with Gasteiger partial charge in [-0.25, -0.2) is 0 Å². The molecule has 0 aliphatic carbocycles. The number of anilines is 1. The molecule has 3 rings (SSSR count). The van der Waals surface area contributed by atoms with E-state index in [1.807, 2.05) is 44.4 Å². The van der Waals surface area contributed by atoms with Crippen LogP contribution in [0.5, 0.6) is 0 Å². The van der Waals surface area contributed by atoms with Crippen molar-refractivity contribution in [1.82, 2.24) is 15.5 Å². The van der Waals surface area contributed by atoms with Crippen LogP contribution in [-0.4, -0.2) is 57.7 Å². The molecule has 27 heavy (non-hydrogen) atoms. The molecule has 2 aromatic rings. The zero-order valence-electron chi connectivity index (χ0n) is 16.2. The lowest BCUT2D eigenvalue weighted by Gasteiger charge is -2.25. The number of benzene rings is 1. The lowest BCUT2D eigenvalue weighted by atomic mass is 10.2. The number of guanidine groups is 1. The van der Waals surface area contributed by atoms with Crippen LogP contribution in [-0.2, 0) is 0 Å². The van der Waals surface area contributed by atoms with Crippen molar-refractivity contribution in [3.05, 3.63) is 53.4 Å². The second kappa shape index (κ2) is 9.15. The number of nitrogens with one attached hydrogen (secondary N) is 2.